The minimum Gasteiger partial charge on any atom is -0.335 e. The van der Waals surface area contributed by atoms with Crippen LogP contribution in [-0.2, 0) is 0 Å². The van der Waals surface area contributed by atoms with Gasteiger partial charge in [-0.15, -0.1) is 0 Å². The number of halogens is 1. The number of hydrogen-bond donors (Lipinski definition) is 2. The van der Waals surface area contributed by atoms with Crippen molar-refractivity contribution in [2.24, 2.45) is 0 Å². The summed E-state index contributed by atoms with van der Waals surface area (Å²) >= 11 is 0. The van der Waals surface area contributed by atoms with E-state index in [0.717, 1.165) is 19.4 Å². The Hall–Kier alpha value is -1.62. The lowest BCUT2D eigenvalue weighted by Crippen LogP contribution is -2.57. The number of piperidine rings is 2. The first-order valence-electron chi connectivity index (χ1n) is 8.75. The molecule has 0 saturated carbocycles. The molecule has 2 fully saturated rings. The number of nitrogens with zero attached hydrogens (tertiary/aromatic N) is 1. The Morgan fingerprint density at radius 1 is 1.26 bits per heavy atom. The van der Waals surface area contributed by atoms with Crippen molar-refractivity contribution in [1.29, 1.82) is 0 Å². The number of amides is 2. The Bertz CT molecular complexity index is 537. The number of para-hydroxylation sites is 1. The first-order chi connectivity index (χ1) is 11.2. The van der Waals surface area contributed by atoms with E-state index < -0.39 is 5.82 Å². The van der Waals surface area contributed by atoms with Crippen molar-refractivity contribution in [2.45, 2.75) is 63.6 Å². The minimum atomic E-state index is -0.405. The maximum absolute atomic E-state index is 13.6. The highest BCUT2D eigenvalue weighted by atomic mass is 19.1. The van der Waals surface area contributed by atoms with Crippen molar-refractivity contribution in [3.63, 3.8) is 0 Å². The van der Waals surface area contributed by atoms with Crippen LogP contribution < -0.4 is 10.6 Å². The quantitative estimate of drug-likeness (QED) is 0.888. The summed E-state index contributed by atoms with van der Waals surface area (Å²) in [6.07, 6.45) is 6.93. The Balaban J connectivity index is 1.57. The molecule has 0 aliphatic carbocycles. The van der Waals surface area contributed by atoms with Gasteiger partial charge in [0, 0.05) is 18.1 Å². The molecule has 2 heterocycles. The largest absolute Gasteiger partial charge is 0.335 e. The number of fused-ring (bicyclic) bond motifs is 2. The molecule has 0 spiro atoms. The topological polar surface area (TPSA) is 44.4 Å². The van der Waals surface area contributed by atoms with E-state index in [1.54, 1.807) is 18.2 Å². The predicted octanol–water partition coefficient (Wildman–Crippen LogP) is 3.74. The van der Waals surface area contributed by atoms with Crippen LogP contribution in [0.15, 0.2) is 24.3 Å². The van der Waals surface area contributed by atoms with Gasteiger partial charge in [0.05, 0.1) is 5.69 Å². The number of rotatable bonds is 4. The monoisotopic (exact) mass is 319 g/mol. The summed E-state index contributed by atoms with van der Waals surface area (Å²) in [5.74, 6) is -0.405. The number of hydrogen-bond acceptors (Lipinski definition) is 2. The van der Waals surface area contributed by atoms with Gasteiger partial charge in [0.15, 0.2) is 0 Å². The molecule has 5 heteroatoms. The fraction of sp³-hybridized carbons (Fsp3) is 0.611. The Kier molecular flexibility index (Phi) is 5.16. The molecule has 4 nitrogen and oxygen atoms in total. The van der Waals surface area contributed by atoms with Crippen molar-refractivity contribution in [3.05, 3.63) is 30.1 Å². The zero-order valence-corrected chi connectivity index (χ0v) is 13.7. The molecule has 1 unspecified atom stereocenters. The highest BCUT2D eigenvalue weighted by Crippen LogP contribution is 2.34. The van der Waals surface area contributed by atoms with Crippen molar-refractivity contribution < 1.29 is 9.18 Å². The summed E-state index contributed by atoms with van der Waals surface area (Å²) in [7, 11) is 0. The second-order valence-corrected chi connectivity index (χ2v) is 6.72. The maximum Gasteiger partial charge on any atom is 0.319 e. The number of carbonyl (C=O) groups is 1. The second kappa shape index (κ2) is 7.30. The van der Waals surface area contributed by atoms with Crippen LogP contribution in [0.5, 0.6) is 0 Å². The fourth-order valence-electron chi connectivity index (χ4n) is 4.13. The van der Waals surface area contributed by atoms with E-state index >= 15 is 0 Å². The van der Waals surface area contributed by atoms with E-state index in [1.807, 2.05) is 0 Å². The highest BCUT2D eigenvalue weighted by molar-refractivity contribution is 5.89. The van der Waals surface area contributed by atoms with Crippen LogP contribution >= 0.6 is 0 Å². The molecule has 126 valence electrons. The van der Waals surface area contributed by atoms with Gasteiger partial charge in [-0.1, -0.05) is 25.5 Å². The van der Waals surface area contributed by atoms with Crippen molar-refractivity contribution in [3.8, 4) is 0 Å². The van der Waals surface area contributed by atoms with Gasteiger partial charge in [-0.2, -0.15) is 0 Å². The zero-order chi connectivity index (χ0) is 16.2. The van der Waals surface area contributed by atoms with Gasteiger partial charge in [-0.05, 0) is 50.8 Å². The van der Waals surface area contributed by atoms with Crippen molar-refractivity contribution >= 4 is 11.7 Å². The molecular weight excluding hydrogens is 293 g/mol. The SMILES string of the molecule is CCCN1[C@@H]2CCC[C@H]1CC(NC(=O)Nc1ccccc1F)C2. The molecule has 2 N–H and O–H groups in total. The third-order valence-corrected chi connectivity index (χ3v) is 5.06. The Labute approximate surface area is 137 Å². The number of anilines is 1. The summed E-state index contributed by atoms with van der Waals surface area (Å²) < 4.78 is 13.6. The van der Waals surface area contributed by atoms with Crippen LogP contribution in [-0.4, -0.2) is 35.6 Å². The van der Waals surface area contributed by atoms with Crippen LogP contribution in [0.2, 0.25) is 0 Å². The molecule has 2 aliphatic rings. The van der Waals surface area contributed by atoms with Crippen molar-refractivity contribution in [1.82, 2.24) is 10.2 Å². The fourth-order valence-corrected chi connectivity index (χ4v) is 4.13. The van der Waals surface area contributed by atoms with E-state index in [4.69, 9.17) is 0 Å². The Morgan fingerprint density at radius 2 is 1.96 bits per heavy atom. The summed E-state index contributed by atoms with van der Waals surface area (Å²) in [4.78, 5) is 14.8. The lowest BCUT2D eigenvalue weighted by atomic mass is 9.81. The first-order valence-corrected chi connectivity index (χ1v) is 8.75. The van der Waals surface area contributed by atoms with Crippen LogP contribution in [0, 0.1) is 5.82 Å². The van der Waals surface area contributed by atoms with Gasteiger partial charge in [-0.25, -0.2) is 9.18 Å². The molecular formula is C18H26FN3O. The van der Waals surface area contributed by atoms with Gasteiger partial charge < -0.3 is 10.6 Å². The normalized spacial score (nSPS) is 27.5. The lowest BCUT2D eigenvalue weighted by Gasteiger charge is -2.49. The standard InChI is InChI=1S/C18H26FN3O/c1-2-10-22-14-6-5-7-15(22)12-13(11-14)20-18(23)21-17-9-4-3-8-16(17)19/h3-4,8-9,13-15H,2,5-7,10-12H2,1H3,(H2,20,21,23)/t13?,14-,15+. The molecule has 3 atom stereocenters. The minimum absolute atomic E-state index is 0.185. The average Bonchev–Trinajstić information content (AvgIpc) is 2.50. The number of carbonyl (C=O) groups excluding carboxylic acids is 1. The van der Waals surface area contributed by atoms with Gasteiger partial charge in [0.25, 0.3) is 0 Å². The second-order valence-electron chi connectivity index (χ2n) is 6.72. The van der Waals surface area contributed by atoms with Crippen molar-refractivity contribution in [2.75, 3.05) is 11.9 Å². The van der Waals surface area contributed by atoms with Crippen LogP contribution in [0.25, 0.3) is 0 Å². The smallest absolute Gasteiger partial charge is 0.319 e. The molecule has 1 aromatic carbocycles. The molecule has 1 aromatic rings. The van der Waals surface area contributed by atoms with Gasteiger partial charge in [0.2, 0.25) is 0 Å². The number of nitrogens with one attached hydrogen (secondary N) is 2. The summed E-state index contributed by atoms with van der Waals surface area (Å²) in [6.45, 7) is 3.38. The molecule has 23 heavy (non-hydrogen) atoms. The molecule has 0 radical (unpaired) electrons. The summed E-state index contributed by atoms with van der Waals surface area (Å²) in [5, 5.41) is 5.66. The van der Waals surface area contributed by atoms with E-state index in [0.29, 0.717) is 12.1 Å². The van der Waals surface area contributed by atoms with Crippen LogP contribution in [0.1, 0.15) is 45.4 Å². The predicted molar refractivity (Wildman–Crippen MR) is 90.0 cm³/mol. The van der Waals surface area contributed by atoms with Gasteiger partial charge in [0.1, 0.15) is 5.82 Å². The maximum atomic E-state index is 13.6. The van der Waals surface area contributed by atoms with Crippen LogP contribution in [0.3, 0.4) is 0 Å². The molecule has 2 aliphatic heterocycles. The molecule has 2 bridgehead atoms. The number of urea groups is 1. The van der Waals surface area contributed by atoms with E-state index in [1.165, 1.54) is 31.7 Å². The molecule has 0 aromatic heterocycles. The molecule has 2 amide bonds. The first kappa shape index (κ1) is 16.2. The zero-order valence-electron chi connectivity index (χ0n) is 13.7. The summed E-state index contributed by atoms with van der Waals surface area (Å²) in [5.41, 5.74) is 0.230. The van der Waals surface area contributed by atoms with Gasteiger partial charge >= 0.3 is 6.03 Å². The average molecular weight is 319 g/mol. The van der Waals surface area contributed by atoms with E-state index in [9.17, 15) is 9.18 Å². The Morgan fingerprint density at radius 3 is 2.61 bits per heavy atom. The third-order valence-electron chi connectivity index (χ3n) is 5.06. The third kappa shape index (κ3) is 3.83. The molecule has 3 rings (SSSR count). The molecule has 2 saturated heterocycles. The van der Waals surface area contributed by atoms with E-state index in [-0.39, 0.29) is 17.8 Å². The van der Waals surface area contributed by atoms with E-state index in [2.05, 4.69) is 22.5 Å². The summed E-state index contributed by atoms with van der Waals surface area (Å²) in [6, 6.07) is 7.31. The van der Waals surface area contributed by atoms with Gasteiger partial charge in [-0.3, -0.25) is 4.90 Å². The number of benzene rings is 1. The van der Waals surface area contributed by atoms with Crippen LogP contribution in [0.4, 0.5) is 14.9 Å². The highest BCUT2D eigenvalue weighted by Gasteiger charge is 2.38. The lowest BCUT2D eigenvalue weighted by molar-refractivity contribution is 0.0272.